The first-order valence-electron chi connectivity index (χ1n) is 7.57. The number of aromatic carboxylic acids is 1. The first kappa shape index (κ1) is 18.0. The van der Waals surface area contributed by atoms with Gasteiger partial charge in [-0.05, 0) is 47.9 Å². The highest BCUT2D eigenvalue weighted by Gasteiger charge is 2.22. The molecule has 130 valence electrons. The Kier molecular flexibility index (Phi) is 5.38. The molecular weight excluding hydrogens is 322 g/mol. The van der Waals surface area contributed by atoms with E-state index in [1.54, 1.807) is 30.3 Å². The fraction of sp³-hybridized carbons (Fsp3) is 0.167. The van der Waals surface area contributed by atoms with Crippen LogP contribution in [0.2, 0.25) is 0 Å². The lowest BCUT2D eigenvalue weighted by molar-refractivity contribution is 0.0697. The zero-order valence-corrected chi connectivity index (χ0v) is 14.2. The summed E-state index contributed by atoms with van der Waals surface area (Å²) in [4.78, 5) is 35.9. The van der Waals surface area contributed by atoms with E-state index >= 15 is 0 Å². The highest BCUT2D eigenvalue weighted by molar-refractivity contribution is 6.13. The summed E-state index contributed by atoms with van der Waals surface area (Å²) in [5, 5.41) is 13.8. The monoisotopic (exact) mass is 341 g/mol. The van der Waals surface area contributed by atoms with Crippen molar-refractivity contribution in [3.05, 3.63) is 53.6 Å². The van der Waals surface area contributed by atoms with Crippen LogP contribution in [-0.4, -0.2) is 37.2 Å². The second kappa shape index (κ2) is 7.48. The van der Waals surface area contributed by atoms with Crippen molar-refractivity contribution in [1.82, 2.24) is 10.6 Å². The summed E-state index contributed by atoms with van der Waals surface area (Å²) < 4.78 is 0. The number of hydrogen-bond donors (Lipinski definition) is 3. The van der Waals surface area contributed by atoms with Crippen LogP contribution in [0.15, 0.2) is 42.5 Å². The molecule has 0 unspecified atom stereocenters. The van der Waals surface area contributed by atoms with Crippen molar-refractivity contribution in [2.45, 2.75) is 6.92 Å². The van der Waals surface area contributed by atoms with Crippen LogP contribution >= 0.6 is 0 Å². The second-order valence-electron chi connectivity index (χ2n) is 5.33. The predicted octanol–water partition coefficient (Wildman–Crippen LogP) is 2.85. The van der Waals surface area contributed by atoms with Crippen LogP contribution in [0.1, 0.15) is 15.9 Å². The van der Waals surface area contributed by atoms with Crippen molar-refractivity contribution in [3.63, 3.8) is 0 Å². The molecule has 0 saturated heterocycles. The number of benzene rings is 2. The summed E-state index contributed by atoms with van der Waals surface area (Å²) in [5.74, 6) is -0.981. The van der Waals surface area contributed by atoms with Gasteiger partial charge in [-0.25, -0.2) is 19.3 Å². The van der Waals surface area contributed by atoms with Gasteiger partial charge in [-0.3, -0.25) is 0 Å². The van der Waals surface area contributed by atoms with Crippen LogP contribution in [0.5, 0.6) is 0 Å². The lowest BCUT2D eigenvalue weighted by atomic mass is 9.99. The lowest BCUT2D eigenvalue weighted by Crippen LogP contribution is -2.46. The Balaban J connectivity index is 2.41. The maximum Gasteiger partial charge on any atom is 0.335 e. The van der Waals surface area contributed by atoms with Crippen LogP contribution < -0.4 is 15.5 Å². The van der Waals surface area contributed by atoms with E-state index < -0.39 is 18.0 Å². The summed E-state index contributed by atoms with van der Waals surface area (Å²) >= 11 is 0. The van der Waals surface area contributed by atoms with E-state index in [4.69, 9.17) is 5.11 Å². The molecule has 0 aromatic heterocycles. The summed E-state index contributed by atoms with van der Waals surface area (Å²) in [5.41, 5.74) is 3.22. The SMILES string of the molecule is CNC(=O)N(C(=O)NC)c1ccc(-c2ccc(C(=O)O)cc2)c(C)c1. The van der Waals surface area contributed by atoms with E-state index in [2.05, 4.69) is 10.6 Å². The normalized spacial score (nSPS) is 10.0. The van der Waals surface area contributed by atoms with E-state index in [1.165, 1.54) is 26.2 Å². The molecule has 2 aromatic rings. The third-order valence-corrected chi connectivity index (χ3v) is 3.74. The number of rotatable bonds is 3. The molecular formula is C18H19N3O4. The van der Waals surface area contributed by atoms with Gasteiger partial charge in [0, 0.05) is 14.1 Å². The second-order valence-corrected chi connectivity index (χ2v) is 5.33. The van der Waals surface area contributed by atoms with E-state index in [-0.39, 0.29) is 5.56 Å². The predicted molar refractivity (Wildman–Crippen MR) is 95.0 cm³/mol. The zero-order valence-electron chi connectivity index (χ0n) is 14.2. The lowest BCUT2D eigenvalue weighted by Gasteiger charge is -2.21. The molecule has 3 N–H and O–H groups in total. The number of nitrogens with zero attached hydrogens (tertiary/aromatic N) is 1. The number of carboxylic acid groups (broad SMARTS) is 1. The first-order chi connectivity index (χ1) is 11.9. The fourth-order valence-corrected chi connectivity index (χ4v) is 2.45. The van der Waals surface area contributed by atoms with Gasteiger partial charge in [0.1, 0.15) is 0 Å². The molecule has 0 atom stereocenters. The molecule has 0 heterocycles. The maximum absolute atomic E-state index is 12.0. The molecule has 7 heteroatoms. The molecule has 0 spiro atoms. The van der Waals surface area contributed by atoms with Crippen LogP contribution in [-0.2, 0) is 0 Å². The quantitative estimate of drug-likeness (QED) is 0.799. The molecule has 0 saturated carbocycles. The minimum Gasteiger partial charge on any atom is -0.478 e. The van der Waals surface area contributed by atoms with Crippen molar-refractivity contribution < 1.29 is 19.5 Å². The van der Waals surface area contributed by atoms with Crippen LogP contribution in [0.25, 0.3) is 11.1 Å². The largest absolute Gasteiger partial charge is 0.478 e. The summed E-state index contributed by atoms with van der Waals surface area (Å²) in [6, 6.07) is 10.6. The summed E-state index contributed by atoms with van der Waals surface area (Å²) in [6.45, 7) is 1.86. The smallest absolute Gasteiger partial charge is 0.335 e. The molecule has 2 rings (SSSR count). The highest BCUT2D eigenvalue weighted by Crippen LogP contribution is 2.28. The zero-order chi connectivity index (χ0) is 18.6. The Morgan fingerprint density at radius 1 is 0.920 bits per heavy atom. The number of carbonyl (C=O) groups excluding carboxylic acids is 2. The molecule has 7 nitrogen and oxygen atoms in total. The molecule has 0 aliphatic heterocycles. The van der Waals surface area contributed by atoms with Gasteiger partial charge in [-0.2, -0.15) is 0 Å². The molecule has 4 amide bonds. The number of carboxylic acids is 1. The van der Waals surface area contributed by atoms with Gasteiger partial charge in [-0.1, -0.05) is 18.2 Å². The van der Waals surface area contributed by atoms with Gasteiger partial charge in [0.05, 0.1) is 11.3 Å². The highest BCUT2D eigenvalue weighted by atomic mass is 16.4. The Morgan fingerprint density at radius 3 is 1.92 bits per heavy atom. The van der Waals surface area contributed by atoms with Crippen molar-refractivity contribution in [2.24, 2.45) is 0 Å². The number of aryl methyl sites for hydroxylation is 1. The minimum atomic E-state index is -0.981. The number of hydrogen-bond acceptors (Lipinski definition) is 3. The Morgan fingerprint density at radius 2 is 1.48 bits per heavy atom. The van der Waals surface area contributed by atoms with Gasteiger partial charge in [0.2, 0.25) is 0 Å². The number of urea groups is 2. The Labute approximate surface area is 145 Å². The van der Waals surface area contributed by atoms with Crippen molar-refractivity contribution in [3.8, 4) is 11.1 Å². The van der Waals surface area contributed by atoms with Crippen molar-refractivity contribution in [1.29, 1.82) is 0 Å². The Bertz CT molecular complexity index is 800. The summed E-state index contributed by atoms with van der Waals surface area (Å²) in [7, 11) is 2.90. The maximum atomic E-state index is 12.0. The molecule has 0 radical (unpaired) electrons. The topological polar surface area (TPSA) is 98.7 Å². The minimum absolute atomic E-state index is 0.212. The number of imide groups is 1. The standard InChI is InChI=1S/C18H19N3O4/c1-11-10-14(21(17(24)19-2)18(25)20-3)8-9-15(11)12-4-6-13(7-5-12)16(22)23/h4-10H,1-3H3,(H,19,24)(H,20,25)(H,22,23). The van der Waals surface area contributed by atoms with Crippen molar-refractivity contribution in [2.75, 3.05) is 19.0 Å². The molecule has 0 aliphatic carbocycles. The third-order valence-electron chi connectivity index (χ3n) is 3.74. The number of amides is 4. The number of nitrogens with one attached hydrogen (secondary N) is 2. The number of anilines is 1. The van der Waals surface area contributed by atoms with E-state index in [0.29, 0.717) is 5.69 Å². The van der Waals surface area contributed by atoms with Gasteiger partial charge in [-0.15, -0.1) is 0 Å². The van der Waals surface area contributed by atoms with E-state index in [1.807, 2.05) is 6.92 Å². The van der Waals surface area contributed by atoms with Crippen LogP contribution in [0.3, 0.4) is 0 Å². The number of carbonyl (C=O) groups is 3. The van der Waals surface area contributed by atoms with Crippen LogP contribution in [0.4, 0.5) is 15.3 Å². The van der Waals surface area contributed by atoms with Gasteiger partial charge < -0.3 is 15.7 Å². The third kappa shape index (κ3) is 3.77. The van der Waals surface area contributed by atoms with Crippen molar-refractivity contribution >= 4 is 23.7 Å². The van der Waals surface area contributed by atoms with E-state index in [0.717, 1.165) is 21.6 Å². The fourth-order valence-electron chi connectivity index (χ4n) is 2.45. The molecule has 0 fully saturated rings. The van der Waals surface area contributed by atoms with Gasteiger partial charge in [0.25, 0.3) is 0 Å². The average molecular weight is 341 g/mol. The Hall–Kier alpha value is -3.35. The van der Waals surface area contributed by atoms with E-state index in [9.17, 15) is 14.4 Å². The summed E-state index contributed by atoms with van der Waals surface area (Å²) in [6.07, 6.45) is 0. The molecule has 0 bridgehead atoms. The first-order valence-corrected chi connectivity index (χ1v) is 7.57. The van der Waals surface area contributed by atoms with Crippen LogP contribution in [0, 0.1) is 6.92 Å². The van der Waals surface area contributed by atoms with Gasteiger partial charge >= 0.3 is 18.0 Å². The molecule has 2 aromatic carbocycles. The van der Waals surface area contributed by atoms with Gasteiger partial charge in [0.15, 0.2) is 0 Å². The molecule has 0 aliphatic rings. The molecule has 25 heavy (non-hydrogen) atoms. The average Bonchev–Trinajstić information content (AvgIpc) is 2.61.